The molecule has 1 aromatic rings. The molecule has 0 bridgehead atoms. The fourth-order valence-electron chi connectivity index (χ4n) is 3.47. The van der Waals surface area contributed by atoms with E-state index in [4.69, 9.17) is 4.74 Å². The van der Waals surface area contributed by atoms with Crippen molar-refractivity contribution in [1.29, 1.82) is 0 Å². The Labute approximate surface area is 162 Å². The van der Waals surface area contributed by atoms with Gasteiger partial charge in [0.05, 0.1) is 17.9 Å². The Hall–Kier alpha value is -1.92. The van der Waals surface area contributed by atoms with Crippen LogP contribution in [0.4, 0.5) is 0 Å². The van der Waals surface area contributed by atoms with Gasteiger partial charge in [-0.05, 0) is 37.3 Å². The third kappa shape index (κ3) is 4.87. The number of allylic oxidation sites excluding steroid dienone is 1. The number of nitrogens with zero attached hydrogens (tertiary/aromatic N) is 1. The summed E-state index contributed by atoms with van der Waals surface area (Å²) in [6.45, 7) is 8.39. The van der Waals surface area contributed by atoms with Crippen LogP contribution in [-0.4, -0.2) is 38.9 Å². The molecule has 27 heavy (non-hydrogen) atoms. The van der Waals surface area contributed by atoms with Gasteiger partial charge in [0, 0.05) is 13.1 Å². The zero-order valence-corrected chi connectivity index (χ0v) is 17.1. The highest BCUT2D eigenvalue weighted by Crippen LogP contribution is 2.35. The molecule has 1 heterocycles. The van der Waals surface area contributed by atoms with Crippen molar-refractivity contribution in [3.8, 4) is 0 Å². The van der Waals surface area contributed by atoms with Crippen LogP contribution in [0.2, 0.25) is 0 Å². The standard InChI is InChI=1S/C21H29NO4S/c1-5-7-8-9-17-14-22(15-20(17)19(6-2)21(23)26-4)27(24,25)18-12-10-16(3)11-13-18/h6,8-13,17,19-20H,2,5,7,14-15H2,1,3-4H3/b9-8+/t17-,19-,20-/m0/s1. The van der Waals surface area contributed by atoms with Crippen LogP contribution in [0.15, 0.2) is 54.0 Å². The molecule has 1 aliphatic heterocycles. The number of rotatable bonds is 8. The van der Waals surface area contributed by atoms with E-state index in [2.05, 4.69) is 19.6 Å². The average Bonchev–Trinajstić information content (AvgIpc) is 3.07. The molecule has 6 heteroatoms. The first kappa shape index (κ1) is 21.4. The van der Waals surface area contributed by atoms with E-state index in [-0.39, 0.29) is 29.2 Å². The Morgan fingerprint density at radius 2 is 2.00 bits per heavy atom. The highest BCUT2D eigenvalue weighted by Gasteiger charge is 2.43. The third-order valence-electron chi connectivity index (χ3n) is 5.06. The van der Waals surface area contributed by atoms with Crippen molar-refractivity contribution >= 4 is 16.0 Å². The molecule has 1 fully saturated rings. The number of unbranched alkanes of at least 4 members (excludes halogenated alkanes) is 1. The lowest BCUT2D eigenvalue weighted by Crippen LogP contribution is -2.31. The number of hydrogen-bond donors (Lipinski definition) is 0. The van der Waals surface area contributed by atoms with Crippen molar-refractivity contribution in [2.45, 2.75) is 31.6 Å². The average molecular weight is 392 g/mol. The number of esters is 1. The van der Waals surface area contributed by atoms with Gasteiger partial charge in [-0.1, -0.05) is 49.3 Å². The lowest BCUT2D eigenvalue weighted by molar-refractivity contribution is -0.145. The van der Waals surface area contributed by atoms with E-state index in [0.717, 1.165) is 18.4 Å². The maximum Gasteiger partial charge on any atom is 0.312 e. The number of carbonyl (C=O) groups excluding carboxylic acids is 1. The molecule has 3 atom stereocenters. The summed E-state index contributed by atoms with van der Waals surface area (Å²) in [5.74, 6) is -1.16. The summed E-state index contributed by atoms with van der Waals surface area (Å²) >= 11 is 0. The van der Waals surface area contributed by atoms with Gasteiger partial charge in [-0.2, -0.15) is 4.31 Å². The van der Waals surface area contributed by atoms with Crippen LogP contribution in [-0.2, 0) is 19.6 Å². The number of ether oxygens (including phenoxy) is 1. The van der Waals surface area contributed by atoms with E-state index >= 15 is 0 Å². The number of sulfonamides is 1. The van der Waals surface area contributed by atoms with E-state index in [1.54, 1.807) is 30.3 Å². The minimum Gasteiger partial charge on any atom is -0.469 e. The second kappa shape index (κ2) is 9.33. The molecule has 0 aromatic heterocycles. The van der Waals surface area contributed by atoms with Gasteiger partial charge in [0.15, 0.2) is 0 Å². The highest BCUT2D eigenvalue weighted by molar-refractivity contribution is 7.89. The fraction of sp³-hybridized carbons (Fsp3) is 0.476. The van der Waals surface area contributed by atoms with E-state index in [9.17, 15) is 13.2 Å². The molecule has 0 aliphatic carbocycles. The SMILES string of the molecule is C=C[C@H](C(=O)OC)[C@H]1CN(S(=O)(=O)c2ccc(C)cc2)C[C@@H]1/C=C/CCC. The molecule has 1 aliphatic rings. The summed E-state index contributed by atoms with van der Waals surface area (Å²) in [7, 11) is -2.27. The van der Waals surface area contributed by atoms with Gasteiger partial charge in [0.1, 0.15) is 0 Å². The summed E-state index contributed by atoms with van der Waals surface area (Å²) in [5, 5.41) is 0. The molecule has 0 N–H and O–H groups in total. The Morgan fingerprint density at radius 1 is 1.33 bits per heavy atom. The summed E-state index contributed by atoms with van der Waals surface area (Å²) in [6, 6.07) is 6.84. The van der Waals surface area contributed by atoms with E-state index in [0.29, 0.717) is 6.54 Å². The van der Waals surface area contributed by atoms with Gasteiger partial charge in [0.25, 0.3) is 0 Å². The zero-order chi connectivity index (χ0) is 20.0. The predicted octanol–water partition coefficient (Wildman–Crippen LogP) is 3.56. The molecule has 0 saturated carbocycles. The minimum absolute atomic E-state index is 0.0566. The van der Waals surface area contributed by atoms with Gasteiger partial charge in [-0.15, -0.1) is 6.58 Å². The van der Waals surface area contributed by atoms with E-state index in [1.165, 1.54) is 11.4 Å². The quantitative estimate of drug-likeness (QED) is 0.502. The van der Waals surface area contributed by atoms with Gasteiger partial charge in [-0.3, -0.25) is 4.79 Å². The maximum absolute atomic E-state index is 13.1. The molecule has 1 saturated heterocycles. The zero-order valence-electron chi connectivity index (χ0n) is 16.3. The van der Waals surface area contributed by atoms with Crippen molar-refractivity contribution in [3.05, 3.63) is 54.6 Å². The number of benzene rings is 1. The minimum atomic E-state index is -3.61. The van der Waals surface area contributed by atoms with Gasteiger partial charge in [0.2, 0.25) is 10.0 Å². The Bertz CT molecular complexity index is 783. The molecule has 5 nitrogen and oxygen atoms in total. The smallest absolute Gasteiger partial charge is 0.312 e. The Kier molecular flexibility index (Phi) is 7.39. The van der Waals surface area contributed by atoms with E-state index < -0.39 is 15.9 Å². The van der Waals surface area contributed by atoms with Crippen molar-refractivity contribution in [2.24, 2.45) is 17.8 Å². The molecule has 2 rings (SSSR count). The van der Waals surface area contributed by atoms with Crippen LogP contribution in [0.3, 0.4) is 0 Å². The lowest BCUT2D eigenvalue weighted by atomic mass is 9.83. The molecule has 0 spiro atoms. The molecule has 148 valence electrons. The van der Waals surface area contributed by atoms with Crippen LogP contribution in [0, 0.1) is 24.7 Å². The third-order valence-corrected chi connectivity index (χ3v) is 6.91. The molecule has 0 amide bonds. The van der Waals surface area contributed by atoms with Gasteiger partial charge >= 0.3 is 5.97 Å². The first-order chi connectivity index (χ1) is 12.8. The van der Waals surface area contributed by atoms with Crippen molar-refractivity contribution in [2.75, 3.05) is 20.2 Å². The Morgan fingerprint density at radius 3 is 2.56 bits per heavy atom. The largest absolute Gasteiger partial charge is 0.469 e. The second-order valence-corrected chi connectivity index (χ2v) is 8.90. The highest BCUT2D eigenvalue weighted by atomic mass is 32.2. The number of carbonyl (C=O) groups is 1. The first-order valence-electron chi connectivity index (χ1n) is 9.29. The molecular formula is C21H29NO4S. The first-order valence-corrected chi connectivity index (χ1v) is 10.7. The van der Waals surface area contributed by atoms with Crippen LogP contribution >= 0.6 is 0 Å². The monoisotopic (exact) mass is 391 g/mol. The molecule has 0 radical (unpaired) electrons. The van der Waals surface area contributed by atoms with Crippen LogP contribution < -0.4 is 0 Å². The lowest BCUT2D eigenvalue weighted by Gasteiger charge is -2.21. The Balaban J connectivity index is 2.33. The predicted molar refractivity (Wildman–Crippen MR) is 107 cm³/mol. The van der Waals surface area contributed by atoms with E-state index in [1.807, 2.05) is 13.0 Å². The summed E-state index contributed by atoms with van der Waals surface area (Å²) < 4.78 is 32.5. The number of methoxy groups -OCH3 is 1. The van der Waals surface area contributed by atoms with Gasteiger partial charge in [-0.25, -0.2) is 8.42 Å². The van der Waals surface area contributed by atoms with Crippen LogP contribution in [0.25, 0.3) is 0 Å². The second-order valence-electron chi connectivity index (χ2n) is 6.96. The normalized spacial score (nSPS) is 22.0. The van der Waals surface area contributed by atoms with Crippen molar-refractivity contribution in [3.63, 3.8) is 0 Å². The topological polar surface area (TPSA) is 63.7 Å². The van der Waals surface area contributed by atoms with Crippen LogP contribution in [0.5, 0.6) is 0 Å². The van der Waals surface area contributed by atoms with Crippen molar-refractivity contribution < 1.29 is 17.9 Å². The van der Waals surface area contributed by atoms with Crippen LogP contribution in [0.1, 0.15) is 25.3 Å². The van der Waals surface area contributed by atoms with Crippen molar-refractivity contribution in [1.82, 2.24) is 4.31 Å². The number of hydrogen-bond acceptors (Lipinski definition) is 4. The summed E-state index contributed by atoms with van der Waals surface area (Å²) in [5.41, 5.74) is 1.01. The molecular weight excluding hydrogens is 362 g/mol. The van der Waals surface area contributed by atoms with Gasteiger partial charge < -0.3 is 4.74 Å². The molecule has 1 aromatic carbocycles. The summed E-state index contributed by atoms with van der Waals surface area (Å²) in [4.78, 5) is 12.5. The molecule has 0 unspecified atom stereocenters. The summed E-state index contributed by atoms with van der Waals surface area (Å²) in [6.07, 6.45) is 7.61. The fourth-order valence-corrected chi connectivity index (χ4v) is 4.99. The maximum atomic E-state index is 13.1. The number of aryl methyl sites for hydroxylation is 1.